The van der Waals surface area contributed by atoms with Crippen LogP contribution < -0.4 is 0 Å². The van der Waals surface area contributed by atoms with Crippen LogP contribution in [0.4, 0.5) is 0 Å². The molecule has 0 spiro atoms. The van der Waals surface area contributed by atoms with Gasteiger partial charge in [-0.3, -0.25) is 0 Å². The summed E-state index contributed by atoms with van der Waals surface area (Å²) in [5.74, 6) is -0.819. The van der Waals surface area contributed by atoms with Gasteiger partial charge in [0.1, 0.15) is 0 Å². The molecule has 1 aliphatic heterocycles. The number of hydrogen-bond donors (Lipinski definition) is 0. The number of unbranched alkanes of at least 4 members (excludes halogenated alkanes) is 1. The maximum Gasteiger partial charge on any atom is 0.211 e. The molecule has 0 bridgehead atoms. The van der Waals surface area contributed by atoms with Gasteiger partial charge in [-0.05, 0) is 25.3 Å². The van der Waals surface area contributed by atoms with Crippen molar-refractivity contribution in [1.82, 2.24) is 0 Å². The first-order valence-corrected chi connectivity index (χ1v) is 8.35. The van der Waals surface area contributed by atoms with Crippen molar-refractivity contribution in [3.05, 3.63) is 35.4 Å². The Labute approximate surface area is 133 Å². The van der Waals surface area contributed by atoms with E-state index in [0.717, 1.165) is 12.0 Å². The maximum absolute atomic E-state index is 6.41. The summed E-state index contributed by atoms with van der Waals surface area (Å²) in [7, 11) is 0. The van der Waals surface area contributed by atoms with Crippen LogP contribution in [0.15, 0.2) is 24.3 Å². The van der Waals surface area contributed by atoms with Gasteiger partial charge in [0.05, 0.1) is 18.6 Å². The molecule has 0 aliphatic carbocycles. The molecular formula is C18H27ClO2. The first-order chi connectivity index (χ1) is 9.89. The van der Waals surface area contributed by atoms with E-state index in [-0.39, 0.29) is 10.8 Å². The largest absolute Gasteiger partial charge is 0.344 e. The van der Waals surface area contributed by atoms with Crippen molar-refractivity contribution in [3.63, 3.8) is 0 Å². The summed E-state index contributed by atoms with van der Waals surface area (Å²) in [6.07, 6.45) is 3.55. The van der Waals surface area contributed by atoms with E-state index in [2.05, 4.69) is 45.0 Å². The van der Waals surface area contributed by atoms with Gasteiger partial charge in [0.25, 0.3) is 0 Å². The Balaban J connectivity index is 2.19. The first-order valence-electron chi connectivity index (χ1n) is 7.91. The van der Waals surface area contributed by atoms with Gasteiger partial charge >= 0.3 is 0 Å². The van der Waals surface area contributed by atoms with E-state index in [4.69, 9.17) is 21.1 Å². The van der Waals surface area contributed by atoms with Gasteiger partial charge in [0.15, 0.2) is 0 Å². The third kappa shape index (κ3) is 3.80. The number of benzene rings is 1. The van der Waals surface area contributed by atoms with Gasteiger partial charge in [-0.1, -0.05) is 51.5 Å². The molecule has 1 aliphatic rings. The van der Waals surface area contributed by atoms with Crippen molar-refractivity contribution in [2.24, 2.45) is 5.41 Å². The molecule has 1 heterocycles. The minimum atomic E-state index is -0.819. The second-order valence-electron chi connectivity index (χ2n) is 6.83. The summed E-state index contributed by atoms with van der Waals surface area (Å²) in [6, 6.07) is 8.53. The average Bonchev–Trinajstić information content (AvgIpc) is 2.46. The molecule has 0 aromatic heterocycles. The molecule has 0 N–H and O–H groups in total. The lowest BCUT2D eigenvalue weighted by atomic mass is 9.92. The molecule has 3 heteroatoms. The van der Waals surface area contributed by atoms with E-state index < -0.39 is 5.79 Å². The van der Waals surface area contributed by atoms with Crippen LogP contribution in [0.2, 0.25) is 0 Å². The Hall–Kier alpha value is -0.570. The van der Waals surface area contributed by atoms with Gasteiger partial charge in [0.2, 0.25) is 5.79 Å². The molecule has 0 radical (unpaired) electrons. The van der Waals surface area contributed by atoms with Gasteiger partial charge < -0.3 is 9.47 Å². The van der Waals surface area contributed by atoms with Crippen LogP contribution in [0.5, 0.6) is 0 Å². The molecule has 2 rings (SSSR count). The van der Waals surface area contributed by atoms with Crippen LogP contribution >= 0.6 is 11.6 Å². The molecule has 1 unspecified atom stereocenters. The Morgan fingerprint density at radius 3 is 2.19 bits per heavy atom. The second kappa shape index (κ2) is 6.68. The number of halogens is 1. The monoisotopic (exact) mass is 310 g/mol. The fourth-order valence-corrected chi connectivity index (χ4v) is 2.85. The predicted molar refractivity (Wildman–Crippen MR) is 87.7 cm³/mol. The standard InChI is InChI=1S/C18H27ClO2/c1-5-6-7-15-8-10-16(11-9-15)18(14(2)19)20-12-17(3,4)13-21-18/h8-11,14H,5-7,12-13H2,1-4H3. The highest BCUT2D eigenvalue weighted by molar-refractivity contribution is 6.21. The second-order valence-corrected chi connectivity index (χ2v) is 7.48. The van der Waals surface area contributed by atoms with Crippen LogP contribution in [-0.4, -0.2) is 18.6 Å². The number of alkyl halides is 1. The van der Waals surface area contributed by atoms with Crippen molar-refractivity contribution >= 4 is 11.6 Å². The molecule has 118 valence electrons. The number of rotatable bonds is 5. The van der Waals surface area contributed by atoms with Crippen molar-refractivity contribution in [2.75, 3.05) is 13.2 Å². The molecule has 0 saturated carbocycles. The lowest BCUT2D eigenvalue weighted by molar-refractivity contribution is -0.307. The summed E-state index contributed by atoms with van der Waals surface area (Å²) >= 11 is 6.41. The average molecular weight is 311 g/mol. The molecule has 2 nitrogen and oxygen atoms in total. The van der Waals surface area contributed by atoms with E-state index in [9.17, 15) is 0 Å². The zero-order valence-electron chi connectivity index (χ0n) is 13.6. The van der Waals surface area contributed by atoms with Gasteiger partial charge in [-0.2, -0.15) is 0 Å². The smallest absolute Gasteiger partial charge is 0.211 e. The van der Waals surface area contributed by atoms with Gasteiger partial charge in [-0.25, -0.2) is 0 Å². The minimum Gasteiger partial charge on any atom is -0.344 e. The molecule has 0 amide bonds. The van der Waals surface area contributed by atoms with E-state index in [1.165, 1.54) is 18.4 Å². The topological polar surface area (TPSA) is 18.5 Å². The van der Waals surface area contributed by atoms with Crippen LogP contribution in [0.1, 0.15) is 51.7 Å². The fraction of sp³-hybridized carbons (Fsp3) is 0.667. The highest BCUT2D eigenvalue weighted by Crippen LogP contribution is 2.41. The third-order valence-electron chi connectivity index (χ3n) is 4.05. The highest BCUT2D eigenvalue weighted by atomic mass is 35.5. The lowest BCUT2D eigenvalue weighted by Gasteiger charge is -2.45. The summed E-state index contributed by atoms with van der Waals surface area (Å²) in [6.45, 7) is 9.74. The van der Waals surface area contributed by atoms with Crippen LogP contribution in [0.25, 0.3) is 0 Å². The normalized spacial score (nSPS) is 22.0. The highest BCUT2D eigenvalue weighted by Gasteiger charge is 2.45. The van der Waals surface area contributed by atoms with Crippen molar-refractivity contribution < 1.29 is 9.47 Å². The van der Waals surface area contributed by atoms with E-state index in [1.54, 1.807) is 0 Å². The SMILES string of the molecule is CCCCc1ccc(C2(C(C)Cl)OCC(C)(C)CO2)cc1. The third-order valence-corrected chi connectivity index (χ3v) is 4.34. The fourth-order valence-electron chi connectivity index (χ4n) is 2.60. The van der Waals surface area contributed by atoms with Crippen molar-refractivity contribution in [1.29, 1.82) is 0 Å². The molecule has 1 saturated heterocycles. The van der Waals surface area contributed by atoms with Gasteiger partial charge in [0, 0.05) is 11.0 Å². The molecular weight excluding hydrogens is 284 g/mol. The molecule has 21 heavy (non-hydrogen) atoms. The number of aryl methyl sites for hydroxylation is 1. The van der Waals surface area contributed by atoms with Crippen LogP contribution in [-0.2, 0) is 21.7 Å². The van der Waals surface area contributed by atoms with Crippen LogP contribution in [0.3, 0.4) is 0 Å². The van der Waals surface area contributed by atoms with Crippen molar-refractivity contribution in [3.8, 4) is 0 Å². The number of hydrogen-bond acceptors (Lipinski definition) is 2. The molecule has 1 aromatic rings. The van der Waals surface area contributed by atoms with Crippen LogP contribution in [0, 0.1) is 5.41 Å². The van der Waals surface area contributed by atoms with Crippen molar-refractivity contribution in [2.45, 2.75) is 58.1 Å². The predicted octanol–water partition coefficient (Wildman–Crippen LogP) is 4.88. The lowest BCUT2D eigenvalue weighted by Crippen LogP contribution is -2.49. The van der Waals surface area contributed by atoms with E-state index >= 15 is 0 Å². The maximum atomic E-state index is 6.41. The molecule has 1 aromatic carbocycles. The van der Waals surface area contributed by atoms with E-state index in [1.807, 2.05) is 6.92 Å². The number of ether oxygens (including phenoxy) is 2. The Bertz CT molecular complexity index is 441. The first kappa shape index (κ1) is 16.8. The van der Waals surface area contributed by atoms with E-state index in [0.29, 0.717) is 13.2 Å². The minimum absolute atomic E-state index is 0.0380. The summed E-state index contributed by atoms with van der Waals surface area (Å²) in [5.41, 5.74) is 2.41. The Kier molecular flexibility index (Phi) is 5.34. The summed E-state index contributed by atoms with van der Waals surface area (Å²) in [4.78, 5) is 0. The Morgan fingerprint density at radius 2 is 1.71 bits per heavy atom. The summed E-state index contributed by atoms with van der Waals surface area (Å²) < 4.78 is 12.2. The molecule has 1 fully saturated rings. The molecule has 1 atom stereocenters. The zero-order chi connectivity index (χ0) is 15.5. The Morgan fingerprint density at radius 1 is 1.14 bits per heavy atom. The quantitative estimate of drug-likeness (QED) is 0.721. The summed E-state index contributed by atoms with van der Waals surface area (Å²) in [5, 5.41) is -0.241. The zero-order valence-corrected chi connectivity index (χ0v) is 14.4. The van der Waals surface area contributed by atoms with Gasteiger partial charge in [-0.15, -0.1) is 11.6 Å².